The third-order valence-electron chi connectivity index (χ3n) is 3.90. The summed E-state index contributed by atoms with van der Waals surface area (Å²) >= 11 is 1.56. The Balaban J connectivity index is 1.98. The van der Waals surface area contributed by atoms with Gasteiger partial charge < -0.3 is 4.74 Å². The molecule has 3 rings (SSSR count). The lowest BCUT2D eigenvalue weighted by atomic mass is 9.96. The Bertz CT molecular complexity index is 597. The molecule has 0 aromatic carbocycles. The van der Waals surface area contributed by atoms with Gasteiger partial charge >= 0.3 is 0 Å². The molecule has 2 aromatic rings. The number of aldehydes is 1. The molecule has 1 aliphatic rings. The van der Waals surface area contributed by atoms with Crippen molar-refractivity contribution in [3.63, 3.8) is 0 Å². The Hall–Kier alpha value is -1.62. The molecule has 4 nitrogen and oxygen atoms in total. The Morgan fingerprint density at radius 1 is 1.40 bits per heavy atom. The maximum Gasteiger partial charge on any atom is 0.153 e. The number of thiophene rings is 1. The average molecular weight is 290 g/mol. The fourth-order valence-corrected chi connectivity index (χ4v) is 3.70. The van der Waals surface area contributed by atoms with E-state index in [1.54, 1.807) is 18.4 Å². The first-order valence-electron chi connectivity index (χ1n) is 6.99. The molecule has 0 radical (unpaired) electrons. The molecule has 0 bridgehead atoms. The first-order valence-corrected chi connectivity index (χ1v) is 7.87. The minimum Gasteiger partial charge on any atom is -0.495 e. The van der Waals surface area contributed by atoms with Crippen molar-refractivity contribution in [1.29, 1.82) is 0 Å². The second-order valence-electron chi connectivity index (χ2n) is 5.14. The highest BCUT2D eigenvalue weighted by Crippen LogP contribution is 2.37. The van der Waals surface area contributed by atoms with Crippen LogP contribution >= 0.6 is 11.3 Å². The van der Waals surface area contributed by atoms with Crippen molar-refractivity contribution in [3.8, 4) is 16.3 Å². The molecule has 2 heterocycles. The van der Waals surface area contributed by atoms with Gasteiger partial charge in [-0.05, 0) is 24.3 Å². The zero-order valence-electron chi connectivity index (χ0n) is 11.5. The van der Waals surface area contributed by atoms with Gasteiger partial charge in [0.15, 0.2) is 6.29 Å². The van der Waals surface area contributed by atoms with Gasteiger partial charge in [-0.2, -0.15) is 5.10 Å². The third-order valence-corrected chi connectivity index (χ3v) is 4.80. The van der Waals surface area contributed by atoms with Gasteiger partial charge in [-0.15, -0.1) is 11.3 Å². The molecule has 20 heavy (non-hydrogen) atoms. The second kappa shape index (κ2) is 5.79. The molecule has 0 saturated heterocycles. The van der Waals surface area contributed by atoms with E-state index in [4.69, 9.17) is 4.74 Å². The Morgan fingerprint density at radius 3 is 2.90 bits per heavy atom. The van der Waals surface area contributed by atoms with Crippen LogP contribution in [0.2, 0.25) is 0 Å². The van der Waals surface area contributed by atoms with Crippen LogP contribution in [0.4, 0.5) is 0 Å². The molecular weight excluding hydrogens is 272 g/mol. The lowest BCUT2D eigenvalue weighted by Crippen LogP contribution is -2.13. The molecular formula is C15H18N2O2S. The van der Waals surface area contributed by atoms with E-state index in [0.717, 1.165) is 35.4 Å². The van der Waals surface area contributed by atoms with Gasteiger partial charge in [0.1, 0.15) is 11.4 Å². The van der Waals surface area contributed by atoms with Gasteiger partial charge in [-0.1, -0.05) is 19.3 Å². The van der Waals surface area contributed by atoms with Crippen molar-refractivity contribution in [2.45, 2.75) is 38.1 Å². The summed E-state index contributed by atoms with van der Waals surface area (Å²) in [5.41, 5.74) is 1.40. The number of hydrogen-bond acceptors (Lipinski definition) is 4. The van der Waals surface area contributed by atoms with Gasteiger partial charge in [0.05, 0.1) is 23.6 Å². The number of ether oxygens (including phenoxy) is 1. The Labute approximate surface area is 122 Å². The van der Waals surface area contributed by atoms with Crippen LogP contribution in [0.15, 0.2) is 17.6 Å². The zero-order chi connectivity index (χ0) is 13.9. The standard InChI is InChI=1S/C15H18N2O2S/c1-19-13-7-8-20-15(13)14-11(10-18)9-17(16-14)12-5-3-2-4-6-12/h7-10,12H,2-6H2,1H3. The maximum absolute atomic E-state index is 11.3. The maximum atomic E-state index is 11.3. The van der Waals surface area contributed by atoms with Gasteiger partial charge in [-0.25, -0.2) is 0 Å². The van der Waals surface area contributed by atoms with Crippen LogP contribution in [0.5, 0.6) is 5.75 Å². The van der Waals surface area contributed by atoms with Crippen LogP contribution in [0.25, 0.3) is 10.6 Å². The largest absolute Gasteiger partial charge is 0.495 e. The number of nitrogens with zero attached hydrogens (tertiary/aromatic N) is 2. The molecule has 1 aliphatic carbocycles. The number of carbonyl (C=O) groups is 1. The molecule has 0 atom stereocenters. The summed E-state index contributed by atoms with van der Waals surface area (Å²) in [6, 6.07) is 2.34. The smallest absolute Gasteiger partial charge is 0.153 e. The van der Waals surface area contributed by atoms with Crippen molar-refractivity contribution < 1.29 is 9.53 Å². The molecule has 0 amide bonds. The Kier molecular flexibility index (Phi) is 3.87. The van der Waals surface area contributed by atoms with Gasteiger partial charge in [-0.3, -0.25) is 9.48 Å². The molecule has 106 valence electrons. The van der Waals surface area contributed by atoms with Gasteiger partial charge in [0, 0.05) is 6.20 Å². The van der Waals surface area contributed by atoms with E-state index in [2.05, 4.69) is 5.10 Å². The van der Waals surface area contributed by atoms with E-state index in [1.165, 1.54) is 19.3 Å². The van der Waals surface area contributed by atoms with E-state index in [-0.39, 0.29) is 0 Å². The first-order chi connectivity index (χ1) is 9.83. The van der Waals surface area contributed by atoms with Gasteiger partial charge in [0.25, 0.3) is 0 Å². The lowest BCUT2D eigenvalue weighted by Gasteiger charge is -2.21. The van der Waals surface area contributed by atoms with Crippen LogP contribution in [0.1, 0.15) is 48.5 Å². The zero-order valence-corrected chi connectivity index (χ0v) is 12.4. The molecule has 0 N–H and O–H groups in total. The summed E-state index contributed by atoms with van der Waals surface area (Å²) in [5, 5.41) is 6.63. The van der Waals surface area contributed by atoms with Crippen molar-refractivity contribution in [2.75, 3.05) is 7.11 Å². The highest BCUT2D eigenvalue weighted by Gasteiger charge is 2.21. The van der Waals surface area contributed by atoms with Crippen molar-refractivity contribution in [2.24, 2.45) is 0 Å². The fraction of sp³-hybridized carbons (Fsp3) is 0.467. The molecule has 0 aliphatic heterocycles. The summed E-state index contributed by atoms with van der Waals surface area (Å²) in [6.07, 6.45) is 8.89. The summed E-state index contributed by atoms with van der Waals surface area (Å²) in [4.78, 5) is 12.3. The molecule has 1 saturated carbocycles. The molecule has 5 heteroatoms. The highest BCUT2D eigenvalue weighted by molar-refractivity contribution is 7.14. The average Bonchev–Trinajstić information content (AvgIpc) is 3.13. The normalized spacial score (nSPS) is 16.2. The second-order valence-corrected chi connectivity index (χ2v) is 6.06. The minimum atomic E-state index is 0.433. The summed E-state index contributed by atoms with van der Waals surface area (Å²) in [7, 11) is 1.64. The van der Waals surface area contributed by atoms with E-state index in [1.807, 2.05) is 22.3 Å². The number of hydrogen-bond donors (Lipinski definition) is 0. The van der Waals surface area contributed by atoms with Crippen LogP contribution in [-0.2, 0) is 0 Å². The minimum absolute atomic E-state index is 0.433. The quantitative estimate of drug-likeness (QED) is 0.801. The monoisotopic (exact) mass is 290 g/mol. The van der Waals surface area contributed by atoms with Crippen LogP contribution in [0, 0.1) is 0 Å². The number of rotatable bonds is 4. The first kappa shape index (κ1) is 13.4. The van der Waals surface area contributed by atoms with E-state index >= 15 is 0 Å². The third kappa shape index (κ3) is 2.38. The van der Waals surface area contributed by atoms with Crippen LogP contribution in [-0.4, -0.2) is 23.2 Å². The van der Waals surface area contributed by atoms with E-state index in [9.17, 15) is 4.79 Å². The highest BCUT2D eigenvalue weighted by atomic mass is 32.1. The van der Waals surface area contributed by atoms with Crippen molar-refractivity contribution in [3.05, 3.63) is 23.2 Å². The van der Waals surface area contributed by atoms with E-state index in [0.29, 0.717) is 11.6 Å². The number of carbonyl (C=O) groups excluding carboxylic acids is 1. The summed E-state index contributed by atoms with van der Waals surface area (Å²) in [6.45, 7) is 0. The van der Waals surface area contributed by atoms with Crippen molar-refractivity contribution in [1.82, 2.24) is 9.78 Å². The van der Waals surface area contributed by atoms with E-state index < -0.39 is 0 Å². The fourth-order valence-electron chi connectivity index (χ4n) is 2.83. The predicted molar refractivity (Wildman–Crippen MR) is 79.6 cm³/mol. The molecule has 0 unspecified atom stereocenters. The van der Waals surface area contributed by atoms with Crippen LogP contribution < -0.4 is 4.74 Å². The SMILES string of the molecule is COc1ccsc1-c1nn(C2CCCCC2)cc1C=O. The molecule has 1 fully saturated rings. The van der Waals surface area contributed by atoms with Crippen molar-refractivity contribution >= 4 is 17.6 Å². The summed E-state index contributed by atoms with van der Waals surface area (Å²) in [5.74, 6) is 0.784. The number of aromatic nitrogens is 2. The predicted octanol–water partition coefficient (Wildman–Crippen LogP) is 3.94. The molecule has 0 spiro atoms. The number of methoxy groups -OCH3 is 1. The Morgan fingerprint density at radius 2 is 2.20 bits per heavy atom. The lowest BCUT2D eigenvalue weighted by molar-refractivity contribution is 0.112. The molecule has 2 aromatic heterocycles. The van der Waals surface area contributed by atoms with Gasteiger partial charge in [0.2, 0.25) is 0 Å². The topological polar surface area (TPSA) is 44.1 Å². The van der Waals surface area contributed by atoms with Crippen LogP contribution in [0.3, 0.4) is 0 Å². The summed E-state index contributed by atoms with van der Waals surface area (Å²) < 4.78 is 7.32.